The van der Waals surface area contributed by atoms with Gasteiger partial charge in [-0.2, -0.15) is 18.3 Å². The van der Waals surface area contributed by atoms with Crippen molar-refractivity contribution in [2.24, 2.45) is 5.10 Å². The van der Waals surface area contributed by atoms with E-state index in [0.717, 1.165) is 36.5 Å². The number of hydrazone groups is 1. The molecule has 0 heterocycles. The highest BCUT2D eigenvalue weighted by Crippen LogP contribution is 2.30. The number of alkyl halides is 3. The minimum Gasteiger partial charge on any atom is -0.280 e. The molecule has 33 heavy (non-hydrogen) atoms. The number of halogens is 4. The summed E-state index contributed by atoms with van der Waals surface area (Å²) in [5.41, 5.74) is 1.02. The van der Waals surface area contributed by atoms with Crippen molar-refractivity contribution in [1.29, 1.82) is 0 Å². The van der Waals surface area contributed by atoms with E-state index in [9.17, 15) is 31.7 Å². The number of nitro benzene ring substituents is 1. The summed E-state index contributed by atoms with van der Waals surface area (Å²) in [6, 6.07) is 13.2. The summed E-state index contributed by atoms with van der Waals surface area (Å²) in [6.07, 6.45) is -3.48. The SMILES string of the molecule is O=[N+]([O-])c1cc(S(=O)(=O)Nc2ccc(Cl)cc2)ccc1NN=Cc1cccc(C(F)(F)F)c1. The molecular formula is C20H14ClF3N4O4S. The second-order valence-corrected chi connectivity index (χ2v) is 8.66. The van der Waals surface area contributed by atoms with Crippen LogP contribution in [0.25, 0.3) is 0 Å². The summed E-state index contributed by atoms with van der Waals surface area (Å²) in [6.45, 7) is 0. The maximum absolute atomic E-state index is 12.8. The van der Waals surface area contributed by atoms with Crippen LogP contribution in [0.3, 0.4) is 0 Å². The molecule has 0 bridgehead atoms. The van der Waals surface area contributed by atoms with Crippen molar-refractivity contribution in [3.05, 3.63) is 93.0 Å². The summed E-state index contributed by atoms with van der Waals surface area (Å²) < 4.78 is 65.8. The predicted molar refractivity (Wildman–Crippen MR) is 118 cm³/mol. The lowest BCUT2D eigenvalue weighted by atomic mass is 10.1. The second-order valence-electron chi connectivity index (χ2n) is 6.54. The number of nitrogens with zero attached hydrogens (tertiary/aromatic N) is 2. The molecule has 0 amide bonds. The molecular weight excluding hydrogens is 485 g/mol. The van der Waals surface area contributed by atoms with Crippen LogP contribution in [-0.4, -0.2) is 19.6 Å². The Bertz CT molecular complexity index is 1310. The molecule has 3 aromatic carbocycles. The molecule has 0 aromatic heterocycles. The van der Waals surface area contributed by atoms with Crippen LogP contribution in [0.4, 0.5) is 30.2 Å². The zero-order valence-electron chi connectivity index (χ0n) is 16.4. The van der Waals surface area contributed by atoms with Gasteiger partial charge in [0.15, 0.2) is 0 Å². The highest BCUT2D eigenvalue weighted by Gasteiger charge is 2.30. The quantitative estimate of drug-likeness (QED) is 0.253. The first-order valence-electron chi connectivity index (χ1n) is 8.99. The molecule has 0 aliphatic carbocycles. The highest BCUT2D eigenvalue weighted by atomic mass is 35.5. The standard InChI is InChI=1S/C20H14ClF3N4O4S/c21-15-4-6-16(7-5-15)27-33(31,32)17-8-9-18(19(11-17)28(29)30)26-25-12-13-2-1-3-14(10-13)20(22,23)24/h1-12,26-27H. The first kappa shape index (κ1) is 24.0. The van der Waals surface area contributed by atoms with E-state index >= 15 is 0 Å². The van der Waals surface area contributed by atoms with Gasteiger partial charge in [-0.1, -0.05) is 23.7 Å². The molecule has 0 saturated heterocycles. The van der Waals surface area contributed by atoms with Gasteiger partial charge in [0.25, 0.3) is 15.7 Å². The third-order valence-electron chi connectivity index (χ3n) is 4.19. The van der Waals surface area contributed by atoms with Gasteiger partial charge in [0.1, 0.15) is 5.69 Å². The monoisotopic (exact) mass is 498 g/mol. The van der Waals surface area contributed by atoms with Gasteiger partial charge in [-0.05, 0) is 54.1 Å². The average Bonchev–Trinajstić information content (AvgIpc) is 2.75. The van der Waals surface area contributed by atoms with Crippen LogP contribution >= 0.6 is 11.6 Å². The van der Waals surface area contributed by atoms with Crippen molar-refractivity contribution in [3.8, 4) is 0 Å². The van der Waals surface area contributed by atoms with Crippen LogP contribution in [0.5, 0.6) is 0 Å². The largest absolute Gasteiger partial charge is 0.416 e. The number of nitro groups is 1. The molecule has 3 rings (SSSR count). The number of sulfonamides is 1. The zero-order valence-corrected chi connectivity index (χ0v) is 17.9. The Hall–Kier alpha value is -3.64. The third-order valence-corrected chi connectivity index (χ3v) is 5.82. The molecule has 0 radical (unpaired) electrons. The molecule has 172 valence electrons. The van der Waals surface area contributed by atoms with E-state index in [1.807, 2.05) is 0 Å². The Labute approximate surface area is 190 Å². The molecule has 8 nitrogen and oxygen atoms in total. The smallest absolute Gasteiger partial charge is 0.280 e. The van der Waals surface area contributed by atoms with Crippen molar-refractivity contribution in [2.45, 2.75) is 11.1 Å². The van der Waals surface area contributed by atoms with Crippen LogP contribution in [0.15, 0.2) is 76.7 Å². The molecule has 3 aromatic rings. The van der Waals surface area contributed by atoms with E-state index in [1.165, 1.54) is 36.4 Å². The minimum atomic E-state index is -4.53. The van der Waals surface area contributed by atoms with Crippen molar-refractivity contribution in [3.63, 3.8) is 0 Å². The first-order chi connectivity index (χ1) is 15.5. The van der Waals surface area contributed by atoms with Gasteiger partial charge >= 0.3 is 6.18 Å². The molecule has 0 fully saturated rings. The summed E-state index contributed by atoms with van der Waals surface area (Å²) in [5, 5.41) is 15.6. The van der Waals surface area contributed by atoms with E-state index in [0.29, 0.717) is 5.02 Å². The number of hydrogen-bond donors (Lipinski definition) is 2. The summed E-state index contributed by atoms with van der Waals surface area (Å²) >= 11 is 5.76. The Morgan fingerprint density at radius 1 is 1.03 bits per heavy atom. The third kappa shape index (κ3) is 6.20. The fourth-order valence-electron chi connectivity index (χ4n) is 2.63. The molecule has 0 unspecified atom stereocenters. The van der Waals surface area contributed by atoms with Crippen LogP contribution in [0, 0.1) is 10.1 Å². The van der Waals surface area contributed by atoms with Crippen molar-refractivity contribution in [1.82, 2.24) is 0 Å². The Balaban J connectivity index is 1.82. The molecule has 0 spiro atoms. The van der Waals surface area contributed by atoms with Crippen LogP contribution < -0.4 is 10.1 Å². The van der Waals surface area contributed by atoms with Gasteiger partial charge in [-0.15, -0.1) is 0 Å². The van der Waals surface area contributed by atoms with Crippen molar-refractivity contribution >= 4 is 44.9 Å². The molecule has 0 aliphatic heterocycles. The predicted octanol–water partition coefficient (Wildman–Crippen LogP) is 5.51. The summed E-state index contributed by atoms with van der Waals surface area (Å²) in [4.78, 5) is 10.2. The van der Waals surface area contributed by atoms with E-state index in [-0.39, 0.29) is 21.8 Å². The van der Waals surface area contributed by atoms with Gasteiger partial charge in [-0.25, -0.2) is 8.42 Å². The molecule has 2 N–H and O–H groups in total. The first-order valence-corrected chi connectivity index (χ1v) is 10.8. The lowest BCUT2D eigenvalue weighted by Gasteiger charge is -2.09. The second kappa shape index (κ2) is 9.46. The zero-order chi connectivity index (χ0) is 24.2. The van der Waals surface area contributed by atoms with Gasteiger partial charge < -0.3 is 0 Å². The molecule has 0 saturated carbocycles. The Kier molecular flexibility index (Phi) is 6.89. The maximum atomic E-state index is 12.8. The summed E-state index contributed by atoms with van der Waals surface area (Å²) in [7, 11) is -4.15. The Morgan fingerprint density at radius 2 is 1.73 bits per heavy atom. The number of hydrogen-bond acceptors (Lipinski definition) is 6. The van der Waals surface area contributed by atoms with E-state index < -0.39 is 32.4 Å². The van der Waals surface area contributed by atoms with Crippen molar-refractivity contribution in [2.75, 3.05) is 10.1 Å². The lowest BCUT2D eigenvalue weighted by Crippen LogP contribution is -2.13. The number of benzene rings is 3. The highest BCUT2D eigenvalue weighted by molar-refractivity contribution is 7.92. The number of anilines is 2. The van der Waals surface area contributed by atoms with Crippen molar-refractivity contribution < 1.29 is 26.5 Å². The van der Waals surface area contributed by atoms with Gasteiger partial charge in [0.05, 0.1) is 21.6 Å². The fraction of sp³-hybridized carbons (Fsp3) is 0.0500. The van der Waals surface area contributed by atoms with Crippen LogP contribution in [-0.2, 0) is 16.2 Å². The van der Waals surface area contributed by atoms with E-state index in [1.54, 1.807) is 0 Å². The number of rotatable bonds is 7. The maximum Gasteiger partial charge on any atom is 0.416 e. The summed E-state index contributed by atoms with van der Waals surface area (Å²) in [5.74, 6) is 0. The average molecular weight is 499 g/mol. The fourth-order valence-corrected chi connectivity index (χ4v) is 3.83. The Morgan fingerprint density at radius 3 is 2.36 bits per heavy atom. The molecule has 13 heteroatoms. The minimum absolute atomic E-state index is 0.103. The van der Waals surface area contributed by atoms with Gasteiger partial charge in [0, 0.05) is 16.8 Å². The molecule has 0 atom stereocenters. The molecule has 0 aliphatic rings. The normalized spacial score (nSPS) is 12.0. The van der Waals surface area contributed by atoms with Crippen LogP contribution in [0.2, 0.25) is 5.02 Å². The van der Waals surface area contributed by atoms with Gasteiger partial charge in [-0.3, -0.25) is 20.3 Å². The van der Waals surface area contributed by atoms with Gasteiger partial charge in [0.2, 0.25) is 0 Å². The topological polar surface area (TPSA) is 114 Å². The van der Waals surface area contributed by atoms with E-state index in [4.69, 9.17) is 11.6 Å². The number of nitrogens with one attached hydrogen (secondary N) is 2. The van der Waals surface area contributed by atoms with Crippen LogP contribution in [0.1, 0.15) is 11.1 Å². The lowest BCUT2D eigenvalue weighted by molar-refractivity contribution is -0.384. The van der Waals surface area contributed by atoms with E-state index in [2.05, 4.69) is 15.2 Å².